The van der Waals surface area contributed by atoms with Crippen LogP contribution >= 0.6 is 27.7 Å². The van der Waals surface area contributed by atoms with Crippen molar-refractivity contribution in [3.63, 3.8) is 0 Å². The number of fused-ring (bicyclic) bond motifs is 1. The van der Waals surface area contributed by atoms with E-state index < -0.39 is 0 Å². The first-order valence-corrected chi connectivity index (χ1v) is 5.35. The molecule has 2 rings (SSSR count). The molecule has 0 atom stereocenters. The van der Waals surface area contributed by atoms with Crippen LogP contribution in [0.3, 0.4) is 0 Å². The van der Waals surface area contributed by atoms with E-state index in [1.165, 1.54) is 16.3 Å². The van der Waals surface area contributed by atoms with E-state index in [9.17, 15) is 4.79 Å². The molecule has 1 aliphatic rings. The fourth-order valence-corrected chi connectivity index (χ4v) is 2.63. The molecule has 13 heavy (non-hydrogen) atoms. The molecule has 2 heterocycles. The van der Waals surface area contributed by atoms with Crippen LogP contribution in [-0.4, -0.2) is 15.3 Å². The van der Waals surface area contributed by atoms with E-state index in [-0.39, 0.29) is 11.1 Å². The first kappa shape index (κ1) is 8.78. The molecule has 0 saturated heterocycles. The van der Waals surface area contributed by atoms with E-state index >= 15 is 0 Å². The van der Waals surface area contributed by atoms with E-state index in [0.29, 0.717) is 16.3 Å². The van der Waals surface area contributed by atoms with Gasteiger partial charge in [0.05, 0.1) is 0 Å². The van der Waals surface area contributed by atoms with Gasteiger partial charge in [0.15, 0.2) is 10.7 Å². The standard InChI is InChI=1S/C7H4BrN3OS/c8-5-4(3-9)6(12)11-1-2-13-7(11)10-5/h1-2H2. The van der Waals surface area contributed by atoms with Crippen molar-refractivity contribution in [3.8, 4) is 6.07 Å². The van der Waals surface area contributed by atoms with Gasteiger partial charge in [-0.2, -0.15) is 5.26 Å². The third kappa shape index (κ3) is 1.28. The maximum atomic E-state index is 11.6. The van der Waals surface area contributed by atoms with Gasteiger partial charge in [-0.05, 0) is 15.9 Å². The second kappa shape index (κ2) is 3.16. The maximum absolute atomic E-state index is 11.6. The average Bonchev–Trinajstić information content (AvgIpc) is 2.53. The Morgan fingerprint density at radius 1 is 1.69 bits per heavy atom. The lowest BCUT2D eigenvalue weighted by molar-refractivity contribution is 0.648. The molecule has 1 aliphatic heterocycles. The van der Waals surface area contributed by atoms with Crippen LogP contribution in [0.25, 0.3) is 0 Å². The van der Waals surface area contributed by atoms with Crippen molar-refractivity contribution in [3.05, 3.63) is 20.5 Å². The molecule has 0 saturated carbocycles. The van der Waals surface area contributed by atoms with E-state index in [0.717, 1.165) is 5.75 Å². The summed E-state index contributed by atoms with van der Waals surface area (Å²) < 4.78 is 1.88. The molecule has 0 amide bonds. The molecule has 66 valence electrons. The molecular formula is C7H4BrN3OS. The zero-order valence-corrected chi connectivity index (χ0v) is 8.85. The topological polar surface area (TPSA) is 58.7 Å². The minimum absolute atomic E-state index is 0.0891. The van der Waals surface area contributed by atoms with Crippen molar-refractivity contribution < 1.29 is 0 Å². The lowest BCUT2D eigenvalue weighted by Gasteiger charge is -2.01. The van der Waals surface area contributed by atoms with Crippen molar-refractivity contribution in [1.29, 1.82) is 5.26 Å². The third-order valence-electron chi connectivity index (χ3n) is 1.75. The summed E-state index contributed by atoms with van der Waals surface area (Å²) in [5.41, 5.74) is -0.157. The quantitative estimate of drug-likeness (QED) is 0.514. The van der Waals surface area contributed by atoms with Crippen molar-refractivity contribution in [2.24, 2.45) is 0 Å². The Morgan fingerprint density at radius 2 is 2.46 bits per heavy atom. The second-order valence-corrected chi connectivity index (χ2v) is 4.29. The number of aromatic nitrogens is 2. The van der Waals surface area contributed by atoms with Gasteiger partial charge >= 0.3 is 0 Å². The highest BCUT2D eigenvalue weighted by Crippen LogP contribution is 2.23. The van der Waals surface area contributed by atoms with Crippen molar-refractivity contribution in [1.82, 2.24) is 9.55 Å². The van der Waals surface area contributed by atoms with Crippen LogP contribution in [0, 0.1) is 11.3 Å². The zero-order chi connectivity index (χ0) is 9.42. The summed E-state index contributed by atoms with van der Waals surface area (Å²) >= 11 is 4.63. The fourth-order valence-electron chi connectivity index (χ4n) is 1.14. The Hall–Kier alpha value is -0.800. The summed E-state index contributed by atoms with van der Waals surface area (Å²) in [5, 5.41) is 9.38. The number of hydrogen-bond donors (Lipinski definition) is 0. The Bertz CT molecular complexity index is 461. The van der Waals surface area contributed by atoms with Crippen LogP contribution in [0.2, 0.25) is 0 Å². The number of nitrogens with zero attached hydrogens (tertiary/aromatic N) is 3. The molecule has 0 aliphatic carbocycles. The average molecular weight is 258 g/mol. The number of nitriles is 1. The summed E-state index contributed by atoms with van der Waals surface area (Å²) in [6.45, 7) is 0.647. The first-order valence-electron chi connectivity index (χ1n) is 3.57. The van der Waals surface area contributed by atoms with E-state index in [4.69, 9.17) is 5.26 Å². The number of hydrogen-bond acceptors (Lipinski definition) is 4. The first-order chi connectivity index (χ1) is 6.24. The van der Waals surface area contributed by atoms with E-state index in [2.05, 4.69) is 20.9 Å². The predicted octanol–water partition coefficient (Wildman–Crippen LogP) is 0.983. The lowest BCUT2D eigenvalue weighted by Crippen LogP contribution is -2.23. The molecule has 0 aromatic carbocycles. The van der Waals surface area contributed by atoms with Crippen LogP contribution in [0.4, 0.5) is 0 Å². The highest BCUT2D eigenvalue weighted by Gasteiger charge is 2.18. The van der Waals surface area contributed by atoms with Gasteiger partial charge in [0.2, 0.25) is 0 Å². The smallest absolute Gasteiger partial charge is 0.273 e. The largest absolute Gasteiger partial charge is 0.286 e. The molecule has 1 aromatic heterocycles. The minimum Gasteiger partial charge on any atom is -0.286 e. The molecule has 0 bridgehead atoms. The molecule has 4 nitrogen and oxygen atoms in total. The SMILES string of the molecule is N#Cc1c(Br)nc2n(c1=O)CCS2. The molecule has 0 spiro atoms. The van der Waals surface area contributed by atoms with Gasteiger partial charge in [-0.3, -0.25) is 9.36 Å². The van der Waals surface area contributed by atoms with Gasteiger partial charge in [-0.15, -0.1) is 0 Å². The fraction of sp³-hybridized carbons (Fsp3) is 0.286. The maximum Gasteiger partial charge on any atom is 0.273 e. The molecule has 1 aromatic rings. The molecule has 6 heteroatoms. The monoisotopic (exact) mass is 257 g/mol. The number of rotatable bonds is 0. The molecule has 0 radical (unpaired) electrons. The highest BCUT2D eigenvalue weighted by atomic mass is 79.9. The van der Waals surface area contributed by atoms with Gasteiger partial charge in [-0.25, -0.2) is 4.98 Å². The third-order valence-corrected chi connectivity index (χ3v) is 3.28. The normalized spacial score (nSPS) is 13.8. The van der Waals surface area contributed by atoms with Crippen LogP contribution in [0.1, 0.15) is 5.56 Å². The Kier molecular flexibility index (Phi) is 2.14. The molecular weight excluding hydrogens is 254 g/mol. The second-order valence-electron chi connectivity index (χ2n) is 2.48. The Labute approximate surface area is 86.7 Å². The summed E-state index contributed by atoms with van der Waals surface area (Å²) in [7, 11) is 0. The molecule has 0 N–H and O–H groups in total. The number of halogens is 1. The van der Waals surface area contributed by atoms with Gasteiger partial charge in [-0.1, -0.05) is 11.8 Å². The zero-order valence-electron chi connectivity index (χ0n) is 6.45. The van der Waals surface area contributed by atoms with E-state index in [1.807, 2.05) is 6.07 Å². The Morgan fingerprint density at radius 3 is 3.15 bits per heavy atom. The summed E-state index contributed by atoms with van der Waals surface area (Å²) in [4.78, 5) is 15.7. The van der Waals surface area contributed by atoms with Gasteiger partial charge in [0.1, 0.15) is 10.7 Å². The van der Waals surface area contributed by atoms with Gasteiger partial charge in [0, 0.05) is 12.3 Å². The van der Waals surface area contributed by atoms with Gasteiger partial charge < -0.3 is 0 Å². The van der Waals surface area contributed by atoms with Crippen LogP contribution in [0.15, 0.2) is 14.6 Å². The summed E-state index contributed by atoms with van der Waals surface area (Å²) in [6.07, 6.45) is 0. The Balaban J connectivity index is 2.79. The molecule has 0 fully saturated rings. The predicted molar refractivity (Wildman–Crippen MR) is 51.6 cm³/mol. The molecule has 0 unspecified atom stereocenters. The summed E-state index contributed by atoms with van der Waals surface area (Å²) in [5.74, 6) is 0.851. The summed E-state index contributed by atoms with van der Waals surface area (Å²) in [6, 6.07) is 1.84. The van der Waals surface area contributed by atoms with Crippen LogP contribution in [0.5, 0.6) is 0 Å². The van der Waals surface area contributed by atoms with E-state index in [1.54, 1.807) is 0 Å². The minimum atomic E-state index is -0.246. The lowest BCUT2D eigenvalue weighted by atomic mass is 10.4. The highest BCUT2D eigenvalue weighted by molar-refractivity contribution is 9.10. The number of thioether (sulfide) groups is 1. The van der Waals surface area contributed by atoms with Crippen LogP contribution < -0.4 is 5.56 Å². The van der Waals surface area contributed by atoms with Crippen molar-refractivity contribution in [2.75, 3.05) is 5.75 Å². The van der Waals surface area contributed by atoms with Gasteiger partial charge in [0.25, 0.3) is 5.56 Å². The van der Waals surface area contributed by atoms with Crippen LogP contribution in [-0.2, 0) is 6.54 Å². The van der Waals surface area contributed by atoms with Crippen molar-refractivity contribution in [2.45, 2.75) is 11.7 Å². The van der Waals surface area contributed by atoms with Crippen molar-refractivity contribution >= 4 is 27.7 Å².